The van der Waals surface area contributed by atoms with Crippen molar-refractivity contribution in [3.63, 3.8) is 0 Å². The zero-order chi connectivity index (χ0) is 12.5. The van der Waals surface area contributed by atoms with Gasteiger partial charge in [0, 0.05) is 15.7 Å². The van der Waals surface area contributed by atoms with Crippen molar-refractivity contribution < 1.29 is 0 Å². The lowest BCUT2D eigenvalue weighted by atomic mass is 9.85. The highest BCUT2D eigenvalue weighted by atomic mass is 32.2. The lowest BCUT2D eigenvalue weighted by molar-refractivity contribution is 0.727. The van der Waals surface area contributed by atoms with Crippen LogP contribution in [0.3, 0.4) is 0 Å². The molecule has 0 spiro atoms. The first-order chi connectivity index (χ1) is 8.85. The summed E-state index contributed by atoms with van der Waals surface area (Å²) in [6.45, 7) is 4.56. The molecular weight excluding hydrogens is 236 g/mol. The highest BCUT2D eigenvalue weighted by molar-refractivity contribution is 7.99. The maximum absolute atomic E-state index is 2.30. The van der Waals surface area contributed by atoms with E-state index in [1.165, 1.54) is 27.3 Å². The first-order valence-corrected chi connectivity index (χ1v) is 7.55. The fraction of sp³-hybridized carbons (Fsp3) is 0.294. The van der Waals surface area contributed by atoms with Crippen molar-refractivity contribution in [1.82, 2.24) is 0 Å². The molecule has 0 nitrogen and oxygen atoms in total. The van der Waals surface area contributed by atoms with Gasteiger partial charge in [0.15, 0.2) is 0 Å². The molecule has 2 aromatic carbocycles. The maximum Gasteiger partial charge on any atom is 0.0163 e. The number of rotatable bonds is 2. The summed E-state index contributed by atoms with van der Waals surface area (Å²) in [6.07, 6.45) is 2.31. The molecule has 0 N–H and O–H groups in total. The van der Waals surface area contributed by atoms with E-state index in [-0.39, 0.29) is 0 Å². The Morgan fingerprint density at radius 2 is 1.72 bits per heavy atom. The van der Waals surface area contributed by atoms with Crippen LogP contribution in [0.25, 0.3) is 0 Å². The summed E-state index contributed by atoms with van der Waals surface area (Å²) in [5, 5.41) is 0. The van der Waals surface area contributed by atoms with Gasteiger partial charge in [-0.15, -0.1) is 0 Å². The van der Waals surface area contributed by atoms with Crippen LogP contribution >= 0.6 is 11.8 Å². The molecule has 0 aromatic heterocycles. The van der Waals surface area contributed by atoms with Crippen molar-refractivity contribution in [1.29, 1.82) is 0 Å². The predicted octanol–water partition coefficient (Wildman–Crippen LogP) is 5.26. The fourth-order valence-corrected chi connectivity index (χ4v) is 4.18. The van der Waals surface area contributed by atoms with E-state index >= 15 is 0 Å². The van der Waals surface area contributed by atoms with E-state index in [4.69, 9.17) is 0 Å². The van der Waals surface area contributed by atoms with Crippen LogP contribution in [0.5, 0.6) is 0 Å². The summed E-state index contributed by atoms with van der Waals surface area (Å²) < 4.78 is 0. The number of hydrogen-bond donors (Lipinski definition) is 0. The number of aryl methyl sites for hydroxylation is 1. The zero-order valence-electron chi connectivity index (χ0n) is 10.9. The second-order valence-electron chi connectivity index (χ2n) is 4.78. The van der Waals surface area contributed by atoms with Gasteiger partial charge in [0.05, 0.1) is 0 Å². The third-order valence-electron chi connectivity index (χ3n) is 3.81. The van der Waals surface area contributed by atoms with Crippen molar-refractivity contribution in [3.05, 3.63) is 59.2 Å². The van der Waals surface area contributed by atoms with Crippen LogP contribution in [0, 0.1) is 0 Å². The molecule has 1 heteroatoms. The number of hydrogen-bond acceptors (Lipinski definition) is 1. The molecule has 0 saturated carbocycles. The van der Waals surface area contributed by atoms with Crippen LogP contribution in [0.15, 0.2) is 52.3 Å². The molecule has 0 fully saturated rings. The van der Waals surface area contributed by atoms with E-state index in [1.807, 2.05) is 11.8 Å². The molecule has 18 heavy (non-hydrogen) atoms. The lowest BCUT2D eigenvalue weighted by Gasteiger charge is -2.29. The van der Waals surface area contributed by atoms with Gasteiger partial charge in [-0.2, -0.15) is 0 Å². The largest absolute Gasteiger partial charge is 0.0895 e. The van der Waals surface area contributed by atoms with Crippen LogP contribution < -0.4 is 0 Å². The molecule has 1 unspecified atom stereocenters. The Bertz CT molecular complexity index is 572. The fourth-order valence-electron chi connectivity index (χ4n) is 2.94. The van der Waals surface area contributed by atoms with Gasteiger partial charge in [0.1, 0.15) is 0 Å². The highest BCUT2D eigenvalue weighted by Crippen LogP contribution is 2.48. The quantitative estimate of drug-likeness (QED) is 0.705. The van der Waals surface area contributed by atoms with E-state index < -0.39 is 0 Å². The maximum atomic E-state index is 2.30. The molecule has 1 aliphatic rings. The minimum absolute atomic E-state index is 0.577. The number of benzene rings is 2. The second kappa shape index (κ2) is 4.81. The van der Waals surface area contributed by atoms with Crippen LogP contribution in [0.1, 0.15) is 42.9 Å². The highest BCUT2D eigenvalue weighted by Gasteiger charge is 2.26. The van der Waals surface area contributed by atoms with Gasteiger partial charge in [-0.3, -0.25) is 0 Å². The average molecular weight is 254 g/mol. The van der Waals surface area contributed by atoms with Crippen LogP contribution in [-0.2, 0) is 6.42 Å². The topological polar surface area (TPSA) is 0 Å². The summed E-state index contributed by atoms with van der Waals surface area (Å²) in [4.78, 5) is 2.89. The van der Waals surface area contributed by atoms with Gasteiger partial charge in [0.2, 0.25) is 0 Å². The zero-order valence-corrected chi connectivity index (χ0v) is 11.8. The molecule has 1 aliphatic heterocycles. The van der Waals surface area contributed by atoms with Gasteiger partial charge < -0.3 is 0 Å². The van der Waals surface area contributed by atoms with Gasteiger partial charge >= 0.3 is 0 Å². The van der Waals surface area contributed by atoms with Crippen LogP contribution in [0.4, 0.5) is 0 Å². The Morgan fingerprint density at radius 3 is 2.50 bits per heavy atom. The standard InChI is InChI=1S/C17H18S/c1-3-12-8-7-11-16-17(12)13(4-2)14-9-5-6-10-15(14)18-16/h5-11,13H,3-4H2,1-2H3. The van der Waals surface area contributed by atoms with E-state index in [0.29, 0.717) is 5.92 Å². The summed E-state index contributed by atoms with van der Waals surface area (Å²) in [6, 6.07) is 15.6. The molecular formula is C17H18S. The molecule has 2 aromatic rings. The molecule has 0 radical (unpaired) electrons. The molecule has 0 saturated heterocycles. The molecule has 0 amide bonds. The third kappa shape index (κ3) is 1.78. The van der Waals surface area contributed by atoms with E-state index in [9.17, 15) is 0 Å². The Morgan fingerprint density at radius 1 is 0.944 bits per heavy atom. The van der Waals surface area contributed by atoms with Crippen LogP contribution in [0.2, 0.25) is 0 Å². The van der Waals surface area contributed by atoms with Crippen molar-refractivity contribution >= 4 is 11.8 Å². The Kier molecular flexibility index (Phi) is 3.17. The first kappa shape index (κ1) is 11.9. The van der Waals surface area contributed by atoms with E-state index in [1.54, 1.807) is 5.56 Å². The van der Waals surface area contributed by atoms with Gasteiger partial charge in [-0.1, -0.05) is 55.9 Å². The molecule has 0 aliphatic carbocycles. The smallest absolute Gasteiger partial charge is 0.0163 e. The number of fused-ring (bicyclic) bond motifs is 2. The normalized spacial score (nSPS) is 17.1. The monoisotopic (exact) mass is 254 g/mol. The van der Waals surface area contributed by atoms with Gasteiger partial charge in [-0.25, -0.2) is 0 Å². The summed E-state index contributed by atoms with van der Waals surface area (Å²) in [7, 11) is 0. The Hall–Kier alpha value is -1.21. The summed E-state index contributed by atoms with van der Waals surface area (Å²) >= 11 is 1.93. The average Bonchev–Trinajstić information content (AvgIpc) is 2.44. The summed E-state index contributed by atoms with van der Waals surface area (Å²) in [5.74, 6) is 0.577. The van der Waals surface area contributed by atoms with Crippen LogP contribution in [-0.4, -0.2) is 0 Å². The molecule has 92 valence electrons. The SMILES string of the molecule is CCc1cccc2c1C(CC)c1ccccc1S2. The van der Waals surface area contributed by atoms with E-state index in [2.05, 4.69) is 56.3 Å². The minimum Gasteiger partial charge on any atom is -0.0895 e. The van der Waals surface area contributed by atoms with Gasteiger partial charge in [-0.05, 0) is 41.7 Å². The summed E-state index contributed by atoms with van der Waals surface area (Å²) in [5.41, 5.74) is 4.60. The first-order valence-electron chi connectivity index (χ1n) is 6.73. The van der Waals surface area contributed by atoms with Crippen molar-refractivity contribution in [2.45, 2.75) is 42.4 Å². The molecule has 1 atom stereocenters. The third-order valence-corrected chi connectivity index (χ3v) is 4.98. The van der Waals surface area contributed by atoms with Crippen molar-refractivity contribution in [2.24, 2.45) is 0 Å². The lowest BCUT2D eigenvalue weighted by Crippen LogP contribution is -2.10. The van der Waals surface area contributed by atoms with Crippen molar-refractivity contribution in [2.75, 3.05) is 0 Å². The van der Waals surface area contributed by atoms with E-state index in [0.717, 1.165) is 6.42 Å². The molecule has 1 heterocycles. The van der Waals surface area contributed by atoms with Crippen molar-refractivity contribution in [3.8, 4) is 0 Å². The predicted molar refractivity (Wildman–Crippen MR) is 78.5 cm³/mol. The second-order valence-corrected chi connectivity index (χ2v) is 5.87. The molecule has 0 bridgehead atoms. The van der Waals surface area contributed by atoms with Gasteiger partial charge in [0.25, 0.3) is 0 Å². The Labute approximate surface area is 113 Å². The minimum atomic E-state index is 0.577. The molecule has 3 rings (SSSR count). The Balaban J connectivity index is 2.21.